The second-order valence-corrected chi connectivity index (χ2v) is 10.3. The number of aromatic nitrogens is 1. The molecule has 2 amide bonds. The molecule has 0 atom stereocenters. The van der Waals surface area contributed by atoms with E-state index in [0.717, 1.165) is 16.5 Å². The third-order valence-electron chi connectivity index (χ3n) is 7.96. The Balaban J connectivity index is 1.53. The van der Waals surface area contributed by atoms with Crippen molar-refractivity contribution >= 4 is 28.4 Å². The molecule has 40 heavy (non-hydrogen) atoms. The summed E-state index contributed by atoms with van der Waals surface area (Å²) in [6.45, 7) is 1.78. The molecule has 8 heteroatoms. The number of benzene rings is 3. The van der Waals surface area contributed by atoms with E-state index in [0.29, 0.717) is 61.6 Å². The molecule has 0 unspecified atom stereocenters. The zero-order valence-corrected chi connectivity index (χ0v) is 23.3. The second kappa shape index (κ2) is 11.8. The molecular weight excluding hydrogens is 504 g/mol. The normalized spacial score (nSPS) is 15.0. The summed E-state index contributed by atoms with van der Waals surface area (Å²) < 4.78 is 10.9. The van der Waals surface area contributed by atoms with E-state index in [4.69, 9.17) is 9.47 Å². The van der Waals surface area contributed by atoms with Crippen molar-refractivity contribution in [2.45, 2.75) is 24.8 Å². The lowest BCUT2D eigenvalue weighted by Crippen LogP contribution is -2.63. The molecule has 0 radical (unpaired) electrons. The average Bonchev–Trinajstić information content (AvgIpc) is 3.41. The molecule has 1 aromatic heterocycles. The quantitative estimate of drug-likeness (QED) is 0.313. The summed E-state index contributed by atoms with van der Waals surface area (Å²) in [5, 5.41) is 4.23. The van der Waals surface area contributed by atoms with Gasteiger partial charge in [0.25, 0.3) is 11.8 Å². The van der Waals surface area contributed by atoms with Crippen LogP contribution in [0.15, 0.2) is 79.0 Å². The number of carbonyl (C=O) groups is 2. The SMILES string of the molecule is COc1ccc(NC(=O)C2(N(CCc3c[nH]c4ccccc34)C(=O)c3ccccc3)CCN(C)CC2)c(OC)c1. The Morgan fingerprint density at radius 2 is 1.70 bits per heavy atom. The van der Waals surface area contributed by atoms with Crippen LogP contribution in [0.3, 0.4) is 0 Å². The first kappa shape index (κ1) is 27.3. The predicted molar refractivity (Wildman–Crippen MR) is 157 cm³/mol. The van der Waals surface area contributed by atoms with Gasteiger partial charge >= 0.3 is 0 Å². The van der Waals surface area contributed by atoms with Gasteiger partial charge in [-0.05, 0) is 62.2 Å². The predicted octanol–water partition coefficient (Wildman–Crippen LogP) is 4.97. The Morgan fingerprint density at radius 1 is 0.975 bits per heavy atom. The molecule has 2 heterocycles. The van der Waals surface area contributed by atoms with Crippen LogP contribution in [0.4, 0.5) is 5.69 Å². The van der Waals surface area contributed by atoms with Crippen molar-refractivity contribution in [2.75, 3.05) is 46.2 Å². The number of methoxy groups -OCH3 is 2. The Hall–Kier alpha value is -4.30. The molecule has 8 nitrogen and oxygen atoms in total. The lowest BCUT2D eigenvalue weighted by molar-refractivity contribution is -0.129. The average molecular weight is 541 g/mol. The maximum Gasteiger partial charge on any atom is 0.254 e. The molecule has 0 bridgehead atoms. The van der Waals surface area contributed by atoms with E-state index in [1.54, 1.807) is 32.4 Å². The van der Waals surface area contributed by atoms with Crippen molar-refractivity contribution in [1.82, 2.24) is 14.8 Å². The van der Waals surface area contributed by atoms with Crippen LogP contribution in [-0.4, -0.2) is 73.0 Å². The van der Waals surface area contributed by atoms with Crippen LogP contribution in [0.25, 0.3) is 10.9 Å². The maximum atomic E-state index is 14.4. The van der Waals surface area contributed by atoms with Gasteiger partial charge in [-0.1, -0.05) is 36.4 Å². The second-order valence-electron chi connectivity index (χ2n) is 10.3. The summed E-state index contributed by atoms with van der Waals surface area (Å²) in [6, 6.07) is 22.7. The highest BCUT2D eigenvalue weighted by molar-refractivity contribution is 6.04. The largest absolute Gasteiger partial charge is 0.497 e. The van der Waals surface area contributed by atoms with Gasteiger partial charge in [-0.25, -0.2) is 0 Å². The molecule has 5 rings (SSSR count). The number of carbonyl (C=O) groups excluding carboxylic acids is 2. The molecule has 1 saturated heterocycles. The van der Waals surface area contributed by atoms with Crippen molar-refractivity contribution in [3.8, 4) is 11.5 Å². The van der Waals surface area contributed by atoms with Gasteiger partial charge < -0.3 is 29.6 Å². The fraction of sp³-hybridized carbons (Fsp3) is 0.312. The van der Waals surface area contributed by atoms with Gasteiger partial charge in [0.05, 0.1) is 19.9 Å². The van der Waals surface area contributed by atoms with Gasteiger partial charge in [-0.15, -0.1) is 0 Å². The number of H-pyrrole nitrogens is 1. The molecule has 0 spiro atoms. The fourth-order valence-electron chi connectivity index (χ4n) is 5.57. The van der Waals surface area contributed by atoms with E-state index in [1.807, 2.05) is 66.7 Å². The van der Waals surface area contributed by atoms with Gasteiger partial charge in [0.15, 0.2) is 0 Å². The third-order valence-corrected chi connectivity index (χ3v) is 7.96. The zero-order chi connectivity index (χ0) is 28.1. The molecule has 0 saturated carbocycles. The number of fused-ring (bicyclic) bond motifs is 1. The molecule has 3 aromatic carbocycles. The van der Waals surface area contributed by atoms with E-state index in [-0.39, 0.29) is 11.8 Å². The number of likely N-dealkylation sites (tertiary alicyclic amines) is 1. The summed E-state index contributed by atoms with van der Waals surface area (Å²) in [7, 11) is 5.19. The number of piperidine rings is 1. The first-order chi connectivity index (χ1) is 19.4. The molecule has 1 aliphatic heterocycles. The number of hydrogen-bond donors (Lipinski definition) is 2. The van der Waals surface area contributed by atoms with Crippen molar-refractivity contribution in [3.63, 3.8) is 0 Å². The molecule has 1 aliphatic rings. The number of aromatic amines is 1. The Labute approximate surface area is 234 Å². The Bertz CT molecular complexity index is 1470. The highest BCUT2D eigenvalue weighted by Gasteiger charge is 2.48. The number of ether oxygens (including phenoxy) is 2. The van der Waals surface area contributed by atoms with Gasteiger partial charge in [-0.2, -0.15) is 0 Å². The molecular formula is C32H36N4O4. The third kappa shape index (κ3) is 5.40. The van der Waals surface area contributed by atoms with Crippen LogP contribution in [0.5, 0.6) is 11.5 Å². The Kier molecular flexibility index (Phi) is 8.07. The molecule has 2 N–H and O–H groups in total. The minimum Gasteiger partial charge on any atom is -0.497 e. The summed E-state index contributed by atoms with van der Waals surface area (Å²) in [5.74, 6) is 0.757. The van der Waals surface area contributed by atoms with Crippen molar-refractivity contribution in [1.29, 1.82) is 0 Å². The van der Waals surface area contributed by atoms with Gasteiger partial charge in [-0.3, -0.25) is 9.59 Å². The summed E-state index contributed by atoms with van der Waals surface area (Å²) in [5.41, 5.74) is 2.22. The lowest BCUT2D eigenvalue weighted by Gasteiger charge is -2.47. The fourth-order valence-corrected chi connectivity index (χ4v) is 5.57. The van der Waals surface area contributed by atoms with Crippen LogP contribution in [0, 0.1) is 0 Å². The van der Waals surface area contributed by atoms with E-state index in [1.165, 1.54) is 0 Å². The Morgan fingerprint density at radius 3 is 2.42 bits per heavy atom. The minimum atomic E-state index is -1.05. The maximum absolute atomic E-state index is 14.4. The topological polar surface area (TPSA) is 86.9 Å². The summed E-state index contributed by atoms with van der Waals surface area (Å²) >= 11 is 0. The van der Waals surface area contributed by atoms with Crippen molar-refractivity contribution in [2.24, 2.45) is 0 Å². The van der Waals surface area contributed by atoms with Crippen LogP contribution in [0.1, 0.15) is 28.8 Å². The standard InChI is InChI=1S/C32H36N4O4/c1-35-19-16-32(17-20-35,31(38)34-28-14-13-25(39-2)21-29(28)40-3)36(30(37)23-9-5-4-6-10-23)18-15-24-22-33-27-12-8-7-11-26(24)27/h4-14,21-22,33H,15-20H2,1-3H3,(H,34,38). The summed E-state index contributed by atoms with van der Waals surface area (Å²) in [6.07, 6.45) is 3.64. The van der Waals surface area contributed by atoms with E-state index >= 15 is 0 Å². The van der Waals surface area contributed by atoms with Crippen molar-refractivity contribution in [3.05, 3.63) is 90.1 Å². The molecule has 208 valence electrons. The number of nitrogens with zero attached hydrogens (tertiary/aromatic N) is 2. The van der Waals surface area contributed by atoms with E-state index in [9.17, 15) is 9.59 Å². The van der Waals surface area contributed by atoms with Crippen LogP contribution >= 0.6 is 0 Å². The van der Waals surface area contributed by atoms with Gasteiger partial charge in [0.2, 0.25) is 0 Å². The first-order valence-electron chi connectivity index (χ1n) is 13.6. The number of hydrogen-bond acceptors (Lipinski definition) is 5. The molecule has 1 fully saturated rings. The number of rotatable bonds is 9. The number of nitrogens with one attached hydrogen (secondary N) is 2. The zero-order valence-electron chi connectivity index (χ0n) is 23.3. The van der Waals surface area contributed by atoms with E-state index in [2.05, 4.69) is 21.3 Å². The monoisotopic (exact) mass is 540 g/mol. The summed E-state index contributed by atoms with van der Waals surface area (Å²) in [4.78, 5) is 35.9. The van der Waals surface area contributed by atoms with Crippen LogP contribution in [0.2, 0.25) is 0 Å². The molecule has 4 aromatic rings. The number of anilines is 1. The van der Waals surface area contributed by atoms with E-state index < -0.39 is 5.54 Å². The highest BCUT2D eigenvalue weighted by atomic mass is 16.5. The number of para-hydroxylation sites is 1. The van der Waals surface area contributed by atoms with Gasteiger partial charge in [0.1, 0.15) is 17.0 Å². The highest BCUT2D eigenvalue weighted by Crippen LogP contribution is 2.35. The lowest BCUT2D eigenvalue weighted by atomic mass is 9.83. The van der Waals surface area contributed by atoms with Crippen LogP contribution in [-0.2, 0) is 11.2 Å². The smallest absolute Gasteiger partial charge is 0.254 e. The van der Waals surface area contributed by atoms with Crippen LogP contribution < -0.4 is 14.8 Å². The number of amides is 2. The minimum absolute atomic E-state index is 0.151. The van der Waals surface area contributed by atoms with Crippen molar-refractivity contribution < 1.29 is 19.1 Å². The van der Waals surface area contributed by atoms with Gasteiger partial charge in [0, 0.05) is 48.4 Å². The first-order valence-corrected chi connectivity index (χ1v) is 13.6. The molecule has 0 aliphatic carbocycles.